The first-order chi connectivity index (χ1) is 9.09. The van der Waals surface area contributed by atoms with E-state index in [9.17, 15) is 0 Å². The van der Waals surface area contributed by atoms with Gasteiger partial charge in [0.1, 0.15) is 0 Å². The molecule has 114 valence electrons. The lowest BCUT2D eigenvalue weighted by atomic mass is 9.70. The van der Waals surface area contributed by atoms with Crippen molar-refractivity contribution in [2.24, 2.45) is 11.3 Å². The van der Waals surface area contributed by atoms with Crippen LogP contribution in [0.25, 0.3) is 0 Å². The topological polar surface area (TPSA) is 12.0 Å². The quantitative estimate of drug-likeness (QED) is 0.541. The molecule has 1 saturated carbocycles. The van der Waals surface area contributed by atoms with Crippen molar-refractivity contribution in [3.05, 3.63) is 0 Å². The molecule has 0 heterocycles. The monoisotopic (exact) mass is 267 g/mol. The Morgan fingerprint density at radius 1 is 1.00 bits per heavy atom. The summed E-state index contributed by atoms with van der Waals surface area (Å²) < 4.78 is 0. The summed E-state index contributed by atoms with van der Waals surface area (Å²) in [7, 11) is 0. The molecule has 1 nitrogen and oxygen atoms in total. The third kappa shape index (κ3) is 6.79. The minimum atomic E-state index is 0.606. The average Bonchev–Trinajstić information content (AvgIpc) is 2.37. The second-order valence-corrected chi connectivity index (χ2v) is 7.37. The molecule has 19 heavy (non-hydrogen) atoms. The van der Waals surface area contributed by atoms with E-state index in [4.69, 9.17) is 0 Å². The fourth-order valence-corrected chi connectivity index (χ4v) is 3.56. The molecule has 0 aromatic rings. The van der Waals surface area contributed by atoms with Crippen LogP contribution in [0.1, 0.15) is 91.9 Å². The molecule has 0 aromatic heterocycles. The molecule has 1 fully saturated rings. The molecule has 1 aliphatic rings. The molecule has 0 amide bonds. The van der Waals surface area contributed by atoms with E-state index in [1.807, 2.05) is 0 Å². The van der Waals surface area contributed by atoms with Crippen LogP contribution in [0.15, 0.2) is 0 Å². The number of unbranched alkanes of at least 4 members (excludes halogenated alkanes) is 4. The van der Waals surface area contributed by atoms with Crippen LogP contribution in [0.2, 0.25) is 0 Å². The van der Waals surface area contributed by atoms with Gasteiger partial charge in [-0.3, -0.25) is 0 Å². The van der Waals surface area contributed by atoms with E-state index in [0.29, 0.717) is 5.41 Å². The standard InChI is InChI=1S/C18H37N/c1-5-7-8-9-10-11-17(19-6-2)16-12-14-18(3,4)15-13-16/h16-17,19H,5-15H2,1-4H3. The van der Waals surface area contributed by atoms with E-state index < -0.39 is 0 Å². The van der Waals surface area contributed by atoms with Crippen molar-refractivity contribution in [1.82, 2.24) is 5.32 Å². The zero-order valence-corrected chi connectivity index (χ0v) is 13.9. The van der Waals surface area contributed by atoms with Crippen LogP contribution < -0.4 is 5.32 Å². The van der Waals surface area contributed by atoms with Crippen LogP contribution in [-0.4, -0.2) is 12.6 Å². The SMILES string of the molecule is CCCCCCCC(NCC)C1CCC(C)(C)CC1. The van der Waals surface area contributed by atoms with Gasteiger partial charge in [0.05, 0.1) is 0 Å². The maximum atomic E-state index is 3.77. The Morgan fingerprint density at radius 3 is 2.21 bits per heavy atom. The highest BCUT2D eigenvalue weighted by Gasteiger charge is 2.30. The van der Waals surface area contributed by atoms with E-state index in [2.05, 4.69) is 33.0 Å². The van der Waals surface area contributed by atoms with Gasteiger partial charge in [-0.1, -0.05) is 59.8 Å². The van der Waals surface area contributed by atoms with Crippen LogP contribution in [-0.2, 0) is 0 Å². The first-order valence-electron chi connectivity index (χ1n) is 8.82. The maximum Gasteiger partial charge on any atom is 0.00952 e. The Morgan fingerprint density at radius 2 is 1.63 bits per heavy atom. The summed E-state index contributed by atoms with van der Waals surface area (Å²) in [6.07, 6.45) is 14.2. The molecule has 1 aliphatic carbocycles. The number of hydrogen-bond acceptors (Lipinski definition) is 1. The van der Waals surface area contributed by atoms with Gasteiger partial charge >= 0.3 is 0 Å². The predicted molar refractivity (Wildman–Crippen MR) is 86.6 cm³/mol. The van der Waals surface area contributed by atoms with Crippen molar-refractivity contribution in [3.63, 3.8) is 0 Å². The minimum Gasteiger partial charge on any atom is -0.314 e. The van der Waals surface area contributed by atoms with Crippen LogP contribution in [0, 0.1) is 11.3 Å². The summed E-state index contributed by atoms with van der Waals surface area (Å²) in [6.45, 7) is 10.6. The molecule has 1 unspecified atom stereocenters. The summed E-state index contributed by atoms with van der Waals surface area (Å²) >= 11 is 0. The Bertz CT molecular complexity index is 212. The van der Waals surface area contributed by atoms with Crippen molar-refractivity contribution in [3.8, 4) is 0 Å². The summed E-state index contributed by atoms with van der Waals surface area (Å²) in [6, 6.07) is 0.794. The van der Waals surface area contributed by atoms with Gasteiger partial charge in [0, 0.05) is 6.04 Å². The van der Waals surface area contributed by atoms with E-state index in [1.165, 1.54) is 64.2 Å². The van der Waals surface area contributed by atoms with Crippen molar-refractivity contribution < 1.29 is 0 Å². The molecule has 0 spiro atoms. The van der Waals surface area contributed by atoms with E-state index in [1.54, 1.807) is 0 Å². The van der Waals surface area contributed by atoms with Crippen LogP contribution in [0.5, 0.6) is 0 Å². The van der Waals surface area contributed by atoms with Gasteiger partial charge in [0.15, 0.2) is 0 Å². The highest BCUT2D eigenvalue weighted by molar-refractivity contribution is 4.85. The first kappa shape index (κ1) is 17.0. The summed E-state index contributed by atoms with van der Waals surface area (Å²) in [5.74, 6) is 0.944. The minimum absolute atomic E-state index is 0.606. The van der Waals surface area contributed by atoms with Crippen molar-refractivity contribution in [1.29, 1.82) is 0 Å². The van der Waals surface area contributed by atoms with Crippen LogP contribution in [0.4, 0.5) is 0 Å². The Balaban J connectivity index is 2.27. The van der Waals surface area contributed by atoms with Crippen LogP contribution >= 0.6 is 0 Å². The zero-order chi connectivity index (χ0) is 14.1. The third-order valence-electron chi connectivity index (χ3n) is 5.04. The highest BCUT2D eigenvalue weighted by Crippen LogP contribution is 2.39. The zero-order valence-electron chi connectivity index (χ0n) is 13.9. The Kier molecular flexibility index (Phi) is 8.06. The first-order valence-corrected chi connectivity index (χ1v) is 8.82. The van der Waals surface area contributed by atoms with Crippen molar-refractivity contribution >= 4 is 0 Å². The van der Waals surface area contributed by atoms with Crippen LogP contribution in [0.3, 0.4) is 0 Å². The number of hydrogen-bond donors (Lipinski definition) is 1. The molecule has 1 N–H and O–H groups in total. The lowest BCUT2D eigenvalue weighted by molar-refractivity contribution is 0.157. The molecular formula is C18H37N. The molecule has 0 saturated heterocycles. The lowest BCUT2D eigenvalue weighted by Crippen LogP contribution is -2.39. The molecular weight excluding hydrogens is 230 g/mol. The smallest absolute Gasteiger partial charge is 0.00952 e. The maximum absolute atomic E-state index is 3.77. The predicted octanol–water partition coefficient (Wildman–Crippen LogP) is 5.54. The molecule has 1 heteroatoms. The largest absolute Gasteiger partial charge is 0.314 e. The summed E-state index contributed by atoms with van der Waals surface area (Å²) in [5.41, 5.74) is 0.606. The van der Waals surface area contributed by atoms with Gasteiger partial charge in [0.25, 0.3) is 0 Å². The molecule has 1 atom stereocenters. The molecule has 0 radical (unpaired) electrons. The van der Waals surface area contributed by atoms with Gasteiger partial charge in [-0.25, -0.2) is 0 Å². The van der Waals surface area contributed by atoms with Gasteiger partial charge < -0.3 is 5.32 Å². The second kappa shape index (κ2) is 9.00. The normalized spacial score (nSPS) is 21.5. The fourth-order valence-electron chi connectivity index (χ4n) is 3.56. The molecule has 0 aromatic carbocycles. The second-order valence-electron chi connectivity index (χ2n) is 7.37. The summed E-state index contributed by atoms with van der Waals surface area (Å²) in [4.78, 5) is 0. The third-order valence-corrected chi connectivity index (χ3v) is 5.04. The molecule has 0 aliphatic heterocycles. The lowest BCUT2D eigenvalue weighted by Gasteiger charge is -2.38. The Labute approximate surface area is 121 Å². The van der Waals surface area contributed by atoms with Gasteiger partial charge in [0.2, 0.25) is 0 Å². The Hall–Kier alpha value is -0.0400. The van der Waals surface area contributed by atoms with Crippen molar-refractivity contribution in [2.45, 2.75) is 97.9 Å². The average molecular weight is 268 g/mol. The van der Waals surface area contributed by atoms with E-state index in [0.717, 1.165) is 18.5 Å². The van der Waals surface area contributed by atoms with Gasteiger partial charge in [-0.05, 0) is 50.0 Å². The highest BCUT2D eigenvalue weighted by atomic mass is 14.9. The van der Waals surface area contributed by atoms with Gasteiger partial charge in [-0.15, -0.1) is 0 Å². The number of rotatable bonds is 9. The number of nitrogens with one attached hydrogen (secondary N) is 1. The van der Waals surface area contributed by atoms with Gasteiger partial charge in [-0.2, -0.15) is 0 Å². The van der Waals surface area contributed by atoms with E-state index >= 15 is 0 Å². The van der Waals surface area contributed by atoms with Crippen molar-refractivity contribution in [2.75, 3.05) is 6.54 Å². The summed E-state index contributed by atoms with van der Waals surface area (Å²) in [5, 5.41) is 3.77. The molecule has 0 bridgehead atoms. The molecule has 1 rings (SSSR count). The van der Waals surface area contributed by atoms with E-state index in [-0.39, 0.29) is 0 Å². The fraction of sp³-hybridized carbons (Fsp3) is 1.00.